The molecule has 1 aromatic carbocycles. The predicted molar refractivity (Wildman–Crippen MR) is 52.6 cm³/mol. The van der Waals surface area contributed by atoms with Crippen LogP contribution in [0.5, 0.6) is 0 Å². The largest absolute Gasteiger partial charge is 0.399 e. The highest BCUT2D eigenvalue weighted by molar-refractivity contribution is 5.41. The van der Waals surface area contributed by atoms with Gasteiger partial charge in [-0.05, 0) is 17.7 Å². The van der Waals surface area contributed by atoms with Crippen LogP contribution in [-0.2, 0) is 4.74 Å². The Hall–Kier alpha value is -1.20. The normalized spacial score (nSPS) is 13.1. The summed E-state index contributed by atoms with van der Waals surface area (Å²) in [6.45, 7) is -0.826. The van der Waals surface area contributed by atoms with E-state index in [9.17, 15) is 13.9 Å². The highest BCUT2D eigenvalue weighted by atomic mass is 19.3. The lowest BCUT2D eigenvalue weighted by Gasteiger charge is -2.11. The molecular weight excluding hydrogens is 204 g/mol. The number of hydrogen-bond donors (Lipinski definition) is 2. The van der Waals surface area contributed by atoms with Gasteiger partial charge >= 0.3 is 0 Å². The molecule has 0 spiro atoms. The van der Waals surface area contributed by atoms with Crippen LogP contribution < -0.4 is 5.73 Å². The van der Waals surface area contributed by atoms with E-state index in [2.05, 4.69) is 4.74 Å². The Labute approximate surface area is 86.5 Å². The predicted octanol–water partition coefficient (Wildman–Crippen LogP) is 1.58. The van der Waals surface area contributed by atoms with Gasteiger partial charge in [0, 0.05) is 5.69 Å². The number of aliphatic hydroxyl groups is 1. The number of hydrogen-bond acceptors (Lipinski definition) is 3. The molecule has 0 aliphatic rings. The fourth-order valence-electron chi connectivity index (χ4n) is 1.13. The molecule has 0 amide bonds. The minimum atomic E-state index is -2.52. The molecule has 1 unspecified atom stereocenters. The van der Waals surface area contributed by atoms with Gasteiger partial charge in [0.2, 0.25) is 0 Å². The second kappa shape index (κ2) is 5.63. The lowest BCUT2D eigenvalue weighted by Crippen LogP contribution is -2.12. The Morgan fingerprint density at radius 3 is 2.67 bits per heavy atom. The van der Waals surface area contributed by atoms with E-state index in [1.165, 1.54) is 0 Å². The molecule has 0 radical (unpaired) electrons. The molecule has 3 nitrogen and oxygen atoms in total. The van der Waals surface area contributed by atoms with E-state index in [1.54, 1.807) is 24.3 Å². The molecule has 5 heteroatoms. The Bertz CT molecular complexity index is 307. The SMILES string of the molecule is Nc1cccc(C(O)COCC(F)F)c1. The Morgan fingerprint density at radius 1 is 1.33 bits per heavy atom. The first kappa shape index (κ1) is 11.9. The van der Waals surface area contributed by atoms with Crippen LogP contribution in [0.25, 0.3) is 0 Å². The van der Waals surface area contributed by atoms with Gasteiger partial charge in [-0.3, -0.25) is 0 Å². The molecule has 15 heavy (non-hydrogen) atoms. The Morgan fingerprint density at radius 2 is 2.07 bits per heavy atom. The summed E-state index contributed by atoms with van der Waals surface area (Å²) >= 11 is 0. The third-order valence-corrected chi connectivity index (χ3v) is 1.82. The standard InChI is InChI=1S/C10H13F2NO2/c11-10(12)6-15-5-9(14)7-2-1-3-8(13)4-7/h1-4,9-10,14H,5-6,13H2. The summed E-state index contributed by atoms with van der Waals surface area (Å²) in [7, 11) is 0. The van der Waals surface area contributed by atoms with Crippen molar-refractivity contribution in [2.45, 2.75) is 12.5 Å². The molecule has 84 valence electrons. The third kappa shape index (κ3) is 4.22. The van der Waals surface area contributed by atoms with Crippen molar-refractivity contribution in [3.05, 3.63) is 29.8 Å². The number of nitrogens with two attached hydrogens (primary N) is 1. The summed E-state index contributed by atoms with van der Waals surface area (Å²) in [5.74, 6) is 0. The minimum Gasteiger partial charge on any atom is -0.399 e. The van der Waals surface area contributed by atoms with Crippen molar-refractivity contribution >= 4 is 5.69 Å². The fraction of sp³-hybridized carbons (Fsp3) is 0.400. The molecule has 0 saturated heterocycles. The van der Waals surface area contributed by atoms with Crippen molar-refractivity contribution in [2.24, 2.45) is 0 Å². The van der Waals surface area contributed by atoms with Crippen LogP contribution in [0.3, 0.4) is 0 Å². The van der Waals surface area contributed by atoms with E-state index < -0.39 is 19.1 Å². The first-order chi connectivity index (χ1) is 7.09. The Kier molecular flexibility index (Phi) is 4.45. The van der Waals surface area contributed by atoms with Gasteiger partial charge in [-0.25, -0.2) is 8.78 Å². The molecule has 0 bridgehead atoms. The quantitative estimate of drug-likeness (QED) is 0.736. The summed E-state index contributed by atoms with van der Waals surface area (Å²) in [6, 6.07) is 6.60. The monoisotopic (exact) mass is 217 g/mol. The average Bonchev–Trinajstić information content (AvgIpc) is 2.17. The van der Waals surface area contributed by atoms with E-state index in [-0.39, 0.29) is 6.61 Å². The number of rotatable bonds is 5. The van der Waals surface area contributed by atoms with E-state index in [0.717, 1.165) is 0 Å². The first-order valence-electron chi connectivity index (χ1n) is 4.49. The molecular formula is C10H13F2NO2. The van der Waals surface area contributed by atoms with Crippen molar-refractivity contribution in [3.8, 4) is 0 Å². The number of nitrogen functional groups attached to an aromatic ring is 1. The van der Waals surface area contributed by atoms with E-state index in [4.69, 9.17) is 5.73 Å². The molecule has 0 heterocycles. The molecule has 0 saturated carbocycles. The minimum absolute atomic E-state index is 0.159. The van der Waals surface area contributed by atoms with Crippen LogP contribution in [0.15, 0.2) is 24.3 Å². The van der Waals surface area contributed by atoms with Crippen molar-refractivity contribution in [1.29, 1.82) is 0 Å². The molecule has 1 aromatic rings. The van der Waals surface area contributed by atoms with Crippen molar-refractivity contribution < 1.29 is 18.6 Å². The number of halogens is 2. The topological polar surface area (TPSA) is 55.5 Å². The number of alkyl halides is 2. The summed E-state index contributed by atoms with van der Waals surface area (Å²) in [4.78, 5) is 0. The van der Waals surface area contributed by atoms with E-state index in [0.29, 0.717) is 11.3 Å². The molecule has 0 aliphatic carbocycles. The smallest absolute Gasteiger partial charge is 0.261 e. The maximum atomic E-state index is 11.7. The second-order valence-corrected chi connectivity index (χ2v) is 3.11. The molecule has 1 atom stereocenters. The highest BCUT2D eigenvalue weighted by Crippen LogP contribution is 2.16. The van der Waals surface area contributed by atoms with Gasteiger partial charge in [0.25, 0.3) is 6.43 Å². The average molecular weight is 217 g/mol. The molecule has 1 rings (SSSR count). The zero-order valence-electron chi connectivity index (χ0n) is 8.07. The maximum absolute atomic E-state index is 11.7. The van der Waals surface area contributed by atoms with Crippen molar-refractivity contribution in [1.82, 2.24) is 0 Å². The number of benzene rings is 1. The second-order valence-electron chi connectivity index (χ2n) is 3.11. The molecule has 0 fully saturated rings. The summed E-state index contributed by atoms with van der Waals surface area (Å²) in [6.07, 6.45) is -3.44. The molecule has 0 aliphatic heterocycles. The summed E-state index contributed by atoms with van der Waals surface area (Å²) in [5.41, 5.74) is 6.58. The van der Waals surface area contributed by atoms with Crippen molar-refractivity contribution in [3.63, 3.8) is 0 Å². The number of ether oxygens (including phenoxy) is 1. The van der Waals surface area contributed by atoms with Gasteiger partial charge in [-0.1, -0.05) is 12.1 Å². The molecule has 0 aromatic heterocycles. The zero-order valence-corrected chi connectivity index (χ0v) is 8.07. The zero-order chi connectivity index (χ0) is 11.3. The summed E-state index contributed by atoms with van der Waals surface area (Å²) in [5, 5.41) is 9.53. The van der Waals surface area contributed by atoms with Crippen LogP contribution >= 0.6 is 0 Å². The first-order valence-corrected chi connectivity index (χ1v) is 4.49. The van der Waals surface area contributed by atoms with Gasteiger partial charge in [-0.2, -0.15) is 0 Å². The van der Waals surface area contributed by atoms with Crippen LogP contribution in [0.2, 0.25) is 0 Å². The van der Waals surface area contributed by atoms with Gasteiger partial charge in [0.05, 0.1) is 6.61 Å². The lowest BCUT2D eigenvalue weighted by atomic mass is 10.1. The van der Waals surface area contributed by atoms with Crippen molar-refractivity contribution in [2.75, 3.05) is 18.9 Å². The van der Waals surface area contributed by atoms with Gasteiger partial charge < -0.3 is 15.6 Å². The van der Waals surface area contributed by atoms with Crippen LogP contribution in [0, 0.1) is 0 Å². The summed E-state index contributed by atoms with van der Waals surface area (Å²) < 4.78 is 28.1. The van der Waals surface area contributed by atoms with Crippen LogP contribution in [-0.4, -0.2) is 24.7 Å². The maximum Gasteiger partial charge on any atom is 0.261 e. The van der Waals surface area contributed by atoms with Crippen LogP contribution in [0.4, 0.5) is 14.5 Å². The van der Waals surface area contributed by atoms with Gasteiger partial charge in [-0.15, -0.1) is 0 Å². The van der Waals surface area contributed by atoms with E-state index >= 15 is 0 Å². The third-order valence-electron chi connectivity index (χ3n) is 1.82. The fourth-order valence-corrected chi connectivity index (χ4v) is 1.13. The lowest BCUT2D eigenvalue weighted by molar-refractivity contribution is -0.0204. The number of aliphatic hydroxyl groups excluding tert-OH is 1. The van der Waals surface area contributed by atoms with Gasteiger partial charge in [0.15, 0.2) is 0 Å². The molecule has 3 N–H and O–H groups in total. The van der Waals surface area contributed by atoms with Crippen LogP contribution in [0.1, 0.15) is 11.7 Å². The highest BCUT2D eigenvalue weighted by Gasteiger charge is 2.09. The van der Waals surface area contributed by atoms with E-state index in [1.807, 2.05) is 0 Å². The van der Waals surface area contributed by atoms with Gasteiger partial charge in [0.1, 0.15) is 12.7 Å². The Balaban J connectivity index is 2.43. The number of anilines is 1.